The first-order valence-electron chi connectivity index (χ1n) is 8.68. The van der Waals surface area contributed by atoms with E-state index in [1.807, 2.05) is 24.3 Å². The Balaban J connectivity index is 1.66. The lowest BCUT2D eigenvalue weighted by Crippen LogP contribution is -2.25. The van der Waals surface area contributed by atoms with Gasteiger partial charge in [0.1, 0.15) is 22.9 Å². The lowest BCUT2D eigenvalue weighted by molar-refractivity contribution is -0.118. The van der Waals surface area contributed by atoms with Crippen molar-refractivity contribution in [2.24, 2.45) is 0 Å². The molecule has 0 saturated heterocycles. The highest BCUT2D eigenvalue weighted by molar-refractivity contribution is 7.99. The standard InChI is InChI=1S/C19H21N5O4S/c1-26-14-8-9-17(28-3)15(10-14)24-19(21-22-23-24)29-12-18(25)20-11-13-6-4-5-7-16(13)27-2/h4-10H,11-12H2,1-3H3,(H,20,25). The Morgan fingerprint density at radius 3 is 2.62 bits per heavy atom. The van der Waals surface area contributed by atoms with Crippen LogP contribution in [0.4, 0.5) is 0 Å². The van der Waals surface area contributed by atoms with Crippen LogP contribution in [0, 0.1) is 0 Å². The van der Waals surface area contributed by atoms with Crippen LogP contribution < -0.4 is 19.5 Å². The number of ether oxygens (including phenoxy) is 3. The largest absolute Gasteiger partial charge is 0.497 e. The van der Waals surface area contributed by atoms with Crippen LogP contribution in [-0.4, -0.2) is 53.2 Å². The van der Waals surface area contributed by atoms with Crippen molar-refractivity contribution in [3.8, 4) is 22.9 Å². The molecule has 9 nitrogen and oxygen atoms in total. The van der Waals surface area contributed by atoms with E-state index in [1.54, 1.807) is 39.5 Å². The van der Waals surface area contributed by atoms with Crippen LogP contribution in [0.5, 0.6) is 17.2 Å². The third-order valence-corrected chi connectivity index (χ3v) is 4.98. The molecule has 1 heterocycles. The molecule has 2 aromatic carbocycles. The maximum Gasteiger partial charge on any atom is 0.230 e. The normalized spacial score (nSPS) is 10.4. The fraction of sp³-hybridized carbons (Fsp3) is 0.263. The highest BCUT2D eigenvalue weighted by Crippen LogP contribution is 2.29. The number of carbonyl (C=O) groups excluding carboxylic acids is 1. The average Bonchev–Trinajstić information content (AvgIpc) is 3.24. The summed E-state index contributed by atoms with van der Waals surface area (Å²) < 4.78 is 17.5. The highest BCUT2D eigenvalue weighted by atomic mass is 32.2. The van der Waals surface area contributed by atoms with Crippen molar-refractivity contribution in [1.82, 2.24) is 25.5 Å². The third kappa shape index (κ3) is 4.96. The summed E-state index contributed by atoms with van der Waals surface area (Å²) >= 11 is 1.22. The fourth-order valence-electron chi connectivity index (χ4n) is 2.61. The van der Waals surface area contributed by atoms with Crippen LogP contribution in [0.25, 0.3) is 5.69 Å². The number of aromatic nitrogens is 4. The molecule has 0 spiro atoms. The Labute approximate surface area is 172 Å². The van der Waals surface area contributed by atoms with Crippen LogP contribution >= 0.6 is 11.8 Å². The zero-order valence-corrected chi connectivity index (χ0v) is 17.1. The van der Waals surface area contributed by atoms with Gasteiger partial charge in [-0.15, -0.1) is 5.10 Å². The number of tetrazole rings is 1. The minimum Gasteiger partial charge on any atom is -0.497 e. The van der Waals surface area contributed by atoms with Crippen LogP contribution in [0.1, 0.15) is 5.56 Å². The first kappa shape index (κ1) is 20.5. The smallest absolute Gasteiger partial charge is 0.230 e. The van der Waals surface area contributed by atoms with E-state index >= 15 is 0 Å². The van der Waals surface area contributed by atoms with E-state index < -0.39 is 0 Å². The van der Waals surface area contributed by atoms with E-state index in [2.05, 4.69) is 20.8 Å². The number of carbonyl (C=O) groups is 1. The Kier molecular flexibility index (Phi) is 6.90. The van der Waals surface area contributed by atoms with E-state index in [0.717, 1.165) is 11.3 Å². The Morgan fingerprint density at radius 2 is 1.86 bits per heavy atom. The molecule has 1 amide bonds. The van der Waals surface area contributed by atoms with Gasteiger partial charge in [-0.3, -0.25) is 4.79 Å². The molecule has 29 heavy (non-hydrogen) atoms. The molecule has 0 unspecified atom stereocenters. The second kappa shape index (κ2) is 9.78. The first-order chi connectivity index (χ1) is 14.2. The van der Waals surface area contributed by atoms with Crippen molar-refractivity contribution in [1.29, 1.82) is 0 Å². The van der Waals surface area contributed by atoms with Crippen LogP contribution in [0.3, 0.4) is 0 Å². The number of benzene rings is 2. The maximum absolute atomic E-state index is 12.3. The molecule has 0 aliphatic heterocycles. The van der Waals surface area contributed by atoms with Crippen LogP contribution in [-0.2, 0) is 11.3 Å². The molecule has 3 rings (SSSR count). The molecule has 0 radical (unpaired) electrons. The van der Waals surface area contributed by atoms with Gasteiger partial charge >= 0.3 is 0 Å². The molecule has 1 N–H and O–H groups in total. The summed E-state index contributed by atoms with van der Waals surface area (Å²) in [5.74, 6) is 1.96. The second-order valence-corrected chi connectivity index (χ2v) is 6.73. The molecule has 3 aromatic rings. The van der Waals surface area contributed by atoms with E-state index in [9.17, 15) is 4.79 Å². The van der Waals surface area contributed by atoms with Gasteiger partial charge in [0.25, 0.3) is 0 Å². The number of hydrogen-bond acceptors (Lipinski definition) is 8. The minimum absolute atomic E-state index is 0.145. The Morgan fingerprint density at radius 1 is 1.07 bits per heavy atom. The van der Waals surface area contributed by atoms with E-state index in [1.165, 1.54) is 16.4 Å². The molecule has 1 aromatic heterocycles. The van der Waals surface area contributed by atoms with E-state index in [0.29, 0.717) is 28.9 Å². The number of thioether (sulfide) groups is 1. The first-order valence-corrected chi connectivity index (χ1v) is 9.67. The van der Waals surface area contributed by atoms with Crippen molar-refractivity contribution in [3.05, 3.63) is 48.0 Å². The van der Waals surface area contributed by atoms with Gasteiger partial charge in [0.15, 0.2) is 0 Å². The van der Waals surface area contributed by atoms with Gasteiger partial charge in [-0.2, -0.15) is 4.68 Å². The lowest BCUT2D eigenvalue weighted by Gasteiger charge is -2.11. The summed E-state index contributed by atoms with van der Waals surface area (Å²) in [5, 5.41) is 15.1. The van der Waals surface area contributed by atoms with Crippen molar-refractivity contribution >= 4 is 17.7 Å². The van der Waals surface area contributed by atoms with Gasteiger partial charge in [-0.25, -0.2) is 0 Å². The van der Waals surface area contributed by atoms with Gasteiger partial charge in [-0.05, 0) is 28.6 Å². The molecule has 152 valence electrons. The van der Waals surface area contributed by atoms with Crippen molar-refractivity contribution in [3.63, 3.8) is 0 Å². The molecule has 0 aliphatic carbocycles. The van der Waals surface area contributed by atoms with Gasteiger partial charge in [0.05, 0.1) is 27.1 Å². The number of nitrogens with one attached hydrogen (secondary N) is 1. The lowest BCUT2D eigenvalue weighted by atomic mass is 10.2. The number of nitrogens with zero attached hydrogens (tertiary/aromatic N) is 4. The predicted octanol–water partition coefficient (Wildman–Crippen LogP) is 2.10. The zero-order chi connectivity index (χ0) is 20.6. The number of rotatable bonds is 9. The number of methoxy groups -OCH3 is 3. The summed E-state index contributed by atoms with van der Waals surface area (Å²) in [6.45, 7) is 0.373. The highest BCUT2D eigenvalue weighted by Gasteiger charge is 2.16. The molecular weight excluding hydrogens is 394 g/mol. The molecule has 0 saturated carbocycles. The van der Waals surface area contributed by atoms with Gasteiger partial charge in [0, 0.05) is 18.2 Å². The molecule has 10 heteroatoms. The maximum atomic E-state index is 12.3. The monoisotopic (exact) mass is 415 g/mol. The number of para-hydroxylation sites is 1. The predicted molar refractivity (Wildman–Crippen MR) is 108 cm³/mol. The van der Waals surface area contributed by atoms with E-state index in [-0.39, 0.29) is 11.7 Å². The summed E-state index contributed by atoms with van der Waals surface area (Å²) in [4.78, 5) is 12.3. The molecule has 0 atom stereocenters. The van der Waals surface area contributed by atoms with Gasteiger partial charge in [0.2, 0.25) is 11.1 Å². The van der Waals surface area contributed by atoms with Crippen molar-refractivity contribution in [2.75, 3.05) is 27.1 Å². The third-order valence-electron chi connectivity index (χ3n) is 4.06. The number of hydrogen-bond donors (Lipinski definition) is 1. The van der Waals surface area contributed by atoms with Crippen LogP contribution in [0.15, 0.2) is 47.6 Å². The number of amides is 1. The van der Waals surface area contributed by atoms with Crippen molar-refractivity contribution in [2.45, 2.75) is 11.7 Å². The fourth-order valence-corrected chi connectivity index (χ4v) is 3.32. The molecule has 0 fully saturated rings. The van der Waals surface area contributed by atoms with E-state index in [4.69, 9.17) is 14.2 Å². The molecule has 0 aliphatic rings. The summed E-state index contributed by atoms with van der Waals surface area (Å²) in [7, 11) is 4.74. The Bertz CT molecular complexity index is 979. The summed E-state index contributed by atoms with van der Waals surface area (Å²) in [6, 6.07) is 12.9. The molecular formula is C19H21N5O4S. The van der Waals surface area contributed by atoms with Gasteiger partial charge in [-0.1, -0.05) is 30.0 Å². The topological polar surface area (TPSA) is 100 Å². The molecule has 0 bridgehead atoms. The zero-order valence-electron chi connectivity index (χ0n) is 16.3. The van der Waals surface area contributed by atoms with Crippen molar-refractivity contribution < 1.29 is 19.0 Å². The average molecular weight is 415 g/mol. The summed E-state index contributed by atoms with van der Waals surface area (Å²) in [6.07, 6.45) is 0. The summed E-state index contributed by atoms with van der Waals surface area (Å²) in [5.41, 5.74) is 1.52. The second-order valence-electron chi connectivity index (χ2n) is 5.79. The van der Waals surface area contributed by atoms with Gasteiger partial charge < -0.3 is 19.5 Å². The quantitative estimate of drug-likeness (QED) is 0.530. The Hall–Kier alpha value is -3.27. The SMILES string of the molecule is COc1ccc(OC)c(-n2nnnc2SCC(=O)NCc2ccccc2OC)c1. The van der Waals surface area contributed by atoms with Crippen LogP contribution in [0.2, 0.25) is 0 Å². The minimum atomic E-state index is -0.145.